The zero-order valence-electron chi connectivity index (χ0n) is 13.9. The van der Waals surface area contributed by atoms with E-state index in [-0.39, 0.29) is 5.91 Å². The summed E-state index contributed by atoms with van der Waals surface area (Å²) in [6, 6.07) is 1.91. The Morgan fingerprint density at radius 1 is 1.30 bits per heavy atom. The molecule has 0 saturated carbocycles. The molecule has 2 aliphatic rings. The Kier molecular flexibility index (Phi) is 5.43. The van der Waals surface area contributed by atoms with Crippen molar-refractivity contribution in [3.8, 4) is 0 Å². The Balaban J connectivity index is 1.54. The van der Waals surface area contributed by atoms with E-state index in [0.717, 1.165) is 70.3 Å². The van der Waals surface area contributed by atoms with Gasteiger partial charge in [-0.25, -0.2) is 9.97 Å². The van der Waals surface area contributed by atoms with Crippen molar-refractivity contribution >= 4 is 11.9 Å². The Morgan fingerprint density at radius 2 is 2.22 bits per heavy atom. The number of carbonyl (C=O) groups is 1. The number of ether oxygens (including phenoxy) is 1. The molecule has 1 atom stereocenters. The molecule has 6 heteroatoms. The highest BCUT2D eigenvalue weighted by atomic mass is 16.5. The minimum atomic E-state index is 0.271. The van der Waals surface area contributed by atoms with Crippen molar-refractivity contribution < 1.29 is 9.53 Å². The zero-order chi connectivity index (χ0) is 16.1. The summed E-state index contributed by atoms with van der Waals surface area (Å²) >= 11 is 0. The van der Waals surface area contributed by atoms with Gasteiger partial charge in [0, 0.05) is 57.7 Å². The van der Waals surface area contributed by atoms with Gasteiger partial charge in [0.2, 0.25) is 11.9 Å². The summed E-state index contributed by atoms with van der Waals surface area (Å²) in [5.74, 6) is 1.45. The quantitative estimate of drug-likeness (QED) is 0.848. The number of anilines is 1. The van der Waals surface area contributed by atoms with Crippen LogP contribution in [0.2, 0.25) is 0 Å². The van der Waals surface area contributed by atoms with Crippen LogP contribution in [0.3, 0.4) is 0 Å². The lowest BCUT2D eigenvalue weighted by Crippen LogP contribution is -2.37. The molecule has 3 heterocycles. The Hall–Kier alpha value is -1.69. The van der Waals surface area contributed by atoms with Crippen LogP contribution in [0.25, 0.3) is 0 Å². The lowest BCUT2D eigenvalue weighted by atomic mass is 9.98. The first-order chi connectivity index (χ1) is 11.2. The molecule has 0 aromatic carbocycles. The Labute approximate surface area is 137 Å². The number of aromatic nitrogens is 2. The lowest BCUT2D eigenvalue weighted by Gasteiger charge is -2.26. The van der Waals surface area contributed by atoms with Crippen LogP contribution < -0.4 is 4.90 Å². The van der Waals surface area contributed by atoms with E-state index in [2.05, 4.69) is 14.9 Å². The molecule has 2 fully saturated rings. The molecule has 0 radical (unpaired) electrons. The molecule has 1 aromatic rings. The van der Waals surface area contributed by atoms with E-state index in [9.17, 15) is 4.79 Å². The Bertz CT molecular complexity index is 531. The first-order valence-electron chi connectivity index (χ1n) is 8.62. The van der Waals surface area contributed by atoms with Gasteiger partial charge in [-0.3, -0.25) is 4.79 Å². The average Bonchev–Trinajstić information content (AvgIpc) is 2.82. The first-order valence-corrected chi connectivity index (χ1v) is 8.62. The highest BCUT2D eigenvalue weighted by Crippen LogP contribution is 2.19. The van der Waals surface area contributed by atoms with E-state index >= 15 is 0 Å². The van der Waals surface area contributed by atoms with Gasteiger partial charge in [0.05, 0.1) is 0 Å². The van der Waals surface area contributed by atoms with Crippen LogP contribution in [-0.2, 0) is 9.53 Å². The van der Waals surface area contributed by atoms with Crippen LogP contribution >= 0.6 is 0 Å². The third kappa shape index (κ3) is 4.41. The molecule has 3 rings (SSSR count). The smallest absolute Gasteiger partial charge is 0.225 e. The highest BCUT2D eigenvalue weighted by molar-refractivity contribution is 5.76. The van der Waals surface area contributed by atoms with Crippen LogP contribution in [0.15, 0.2) is 12.3 Å². The second kappa shape index (κ2) is 7.73. The maximum absolute atomic E-state index is 12.5. The summed E-state index contributed by atoms with van der Waals surface area (Å²) in [5.41, 5.74) is 0.976. The van der Waals surface area contributed by atoms with E-state index < -0.39 is 0 Å². The maximum Gasteiger partial charge on any atom is 0.225 e. The number of hydrogen-bond acceptors (Lipinski definition) is 5. The van der Waals surface area contributed by atoms with Gasteiger partial charge in [-0.15, -0.1) is 0 Å². The van der Waals surface area contributed by atoms with Gasteiger partial charge in [-0.05, 0) is 38.2 Å². The lowest BCUT2D eigenvalue weighted by molar-refractivity contribution is -0.133. The molecule has 0 bridgehead atoms. The number of nitrogens with zero attached hydrogens (tertiary/aromatic N) is 4. The van der Waals surface area contributed by atoms with Gasteiger partial charge in [0.25, 0.3) is 0 Å². The van der Waals surface area contributed by atoms with Crippen LogP contribution in [-0.4, -0.2) is 60.2 Å². The minimum absolute atomic E-state index is 0.271. The van der Waals surface area contributed by atoms with Gasteiger partial charge < -0.3 is 14.5 Å². The molecule has 0 aliphatic carbocycles. The summed E-state index contributed by atoms with van der Waals surface area (Å²) in [6.07, 6.45) is 5.58. The molecule has 1 amide bonds. The summed E-state index contributed by atoms with van der Waals surface area (Å²) in [4.78, 5) is 25.6. The molecular formula is C17H26N4O2. The second-order valence-corrected chi connectivity index (χ2v) is 6.51. The summed E-state index contributed by atoms with van der Waals surface area (Å²) in [7, 11) is 0. The number of amides is 1. The van der Waals surface area contributed by atoms with Gasteiger partial charge in [0.15, 0.2) is 0 Å². The number of aryl methyl sites for hydroxylation is 1. The van der Waals surface area contributed by atoms with Crippen molar-refractivity contribution in [2.45, 2.75) is 32.6 Å². The van der Waals surface area contributed by atoms with Crippen molar-refractivity contribution in [3.63, 3.8) is 0 Å². The van der Waals surface area contributed by atoms with Crippen molar-refractivity contribution in [3.05, 3.63) is 18.0 Å². The van der Waals surface area contributed by atoms with E-state index in [1.807, 2.05) is 17.9 Å². The molecule has 1 aromatic heterocycles. The summed E-state index contributed by atoms with van der Waals surface area (Å²) in [6.45, 7) is 6.85. The van der Waals surface area contributed by atoms with Crippen LogP contribution in [0.5, 0.6) is 0 Å². The molecule has 2 saturated heterocycles. The standard InChI is InChI=1S/C17H26N4O2/c1-14-5-6-18-17(19-14)21-8-3-7-20(9-10-21)16(22)12-15-4-2-11-23-13-15/h5-6,15H,2-4,7-13H2,1H3. The third-order valence-electron chi connectivity index (χ3n) is 4.63. The first kappa shape index (κ1) is 16.2. The zero-order valence-corrected chi connectivity index (χ0v) is 13.9. The van der Waals surface area contributed by atoms with E-state index in [4.69, 9.17) is 4.74 Å². The average molecular weight is 318 g/mol. The van der Waals surface area contributed by atoms with Crippen LogP contribution in [0.1, 0.15) is 31.4 Å². The second-order valence-electron chi connectivity index (χ2n) is 6.51. The third-order valence-corrected chi connectivity index (χ3v) is 4.63. The van der Waals surface area contributed by atoms with Crippen molar-refractivity contribution in [1.82, 2.24) is 14.9 Å². The monoisotopic (exact) mass is 318 g/mol. The molecule has 1 unspecified atom stereocenters. The fourth-order valence-electron chi connectivity index (χ4n) is 3.30. The van der Waals surface area contributed by atoms with E-state index in [1.54, 1.807) is 6.20 Å². The summed E-state index contributed by atoms with van der Waals surface area (Å²) < 4.78 is 5.49. The van der Waals surface area contributed by atoms with Crippen LogP contribution in [0, 0.1) is 12.8 Å². The molecule has 23 heavy (non-hydrogen) atoms. The van der Waals surface area contributed by atoms with Crippen LogP contribution in [0.4, 0.5) is 5.95 Å². The van der Waals surface area contributed by atoms with Crippen molar-refractivity contribution in [2.75, 3.05) is 44.3 Å². The predicted octanol–water partition coefficient (Wildman–Crippen LogP) is 1.64. The van der Waals surface area contributed by atoms with Crippen molar-refractivity contribution in [1.29, 1.82) is 0 Å². The fourth-order valence-corrected chi connectivity index (χ4v) is 3.30. The Morgan fingerprint density at radius 3 is 3.00 bits per heavy atom. The predicted molar refractivity (Wildman–Crippen MR) is 88.3 cm³/mol. The fraction of sp³-hybridized carbons (Fsp3) is 0.706. The SMILES string of the molecule is Cc1ccnc(N2CCCN(C(=O)CC3CCCOC3)CC2)n1. The number of hydrogen-bond donors (Lipinski definition) is 0. The number of rotatable bonds is 3. The molecule has 2 aliphatic heterocycles. The highest BCUT2D eigenvalue weighted by Gasteiger charge is 2.24. The van der Waals surface area contributed by atoms with E-state index in [1.165, 1.54) is 0 Å². The largest absolute Gasteiger partial charge is 0.381 e. The topological polar surface area (TPSA) is 58.6 Å². The van der Waals surface area contributed by atoms with Gasteiger partial charge in [0.1, 0.15) is 0 Å². The normalized spacial score (nSPS) is 22.7. The summed E-state index contributed by atoms with van der Waals surface area (Å²) in [5, 5.41) is 0. The minimum Gasteiger partial charge on any atom is -0.381 e. The molecule has 0 spiro atoms. The van der Waals surface area contributed by atoms with Gasteiger partial charge >= 0.3 is 0 Å². The van der Waals surface area contributed by atoms with E-state index in [0.29, 0.717) is 12.3 Å². The van der Waals surface area contributed by atoms with Gasteiger partial charge in [-0.1, -0.05) is 0 Å². The molecule has 126 valence electrons. The molecule has 6 nitrogen and oxygen atoms in total. The molecular weight excluding hydrogens is 292 g/mol. The maximum atomic E-state index is 12.5. The van der Waals surface area contributed by atoms with Gasteiger partial charge in [-0.2, -0.15) is 0 Å². The number of carbonyl (C=O) groups excluding carboxylic acids is 1. The molecule has 0 N–H and O–H groups in total. The van der Waals surface area contributed by atoms with Crippen molar-refractivity contribution in [2.24, 2.45) is 5.92 Å².